The van der Waals surface area contributed by atoms with Crippen molar-refractivity contribution in [2.24, 2.45) is 5.73 Å². The van der Waals surface area contributed by atoms with Crippen LogP contribution >= 0.6 is 0 Å². The van der Waals surface area contributed by atoms with Crippen molar-refractivity contribution in [1.82, 2.24) is 4.90 Å². The molecule has 1 amide bonds. The van der Waals surface area contributed by atoms with Gasteiger partial charge in [-0.05, 0) is 30.2 Å². The van der Waals surface area contributed by atoms with Crippen LogP contribution in [0.15, 0.2) is 54.6 Å². The zero-order valence-electron chi connectivity index (χ0n) is 13.6. The summed E-state index contributed by atoms with van der Waals surface area (Å²) in [6.07, 6.45) is 0.936. The molecule has 0 radical (unpaired) electrons. The Balaban J connectivity index is 2.13. The Bertz CT molecular complexity index is 614. The molecular weight excluding hydrogens is 288 g/mol. The van der Waals surface area contributed by atoms with Gasteiger partial charge in [-0.3, -0.25) is 4.79 Å². The third-order valence-electron chi connectivity index (χ3n) is 3.46. The van der Waals surface area contributed by atoms with Gasteiger partial charge in [-0.2, -0.15) is 0 Å². The van der Waals surface area contributed by atoms with Crippen molar-refractivity contribution in [2.75, 3.05) is 19.7 Å². The largest absolute Gasteiger partial charge is 0.494 e. The summed E-state index contributed by atoms with van der Waals surface area (Å²) in [7, 11) is 0. The van der Waals surface area contributed by atoms with Crippen molar-refractivity contribution < 1.29 is 9.53 Å². The van der Waals surface area contributed by atoms with Crippen molar-refractivity contribution in [3.05, 3.63) is 65.7 Å². The molecule has 2 rings (SSSR count). The number of rotatable bonds is 8. The summed E-state index contributed by atoms with van der Waals surface area (Å²) in [5, 5.41) is 0. The van der Waals surface area contributed by atoms with Gasteiger partial charge in [0.15, 0.2) is 0 Å². The predicted molar refractivity (Wildman–Crippen MR) is 92.5 cm³/mol. The normalized spacial score (nSPS) is 10.3. The van der Waals surface area contributed by atoms with Gasteiger partial charge in [-0.1, -0.05) is 43.3 Å². The van der Waals surface area contributed by atoms with Gasteiger partial charge in [0.25, 0.3) is 5.91 Å². The van der Waals surface area contributed by atoms with Crippen LogP contribution in [0, 0.1) is 0 Å². The molecule has 0 aliphatic carbocycles. The van der Waals surface area contributed by atoms with Crippen LogP contribution in [-0.4, -0.2) is 30.5 Å². The quantitative estimate of drug-likeness (QED) is 0.815. The third-order valence-corrected chi connectivity index (χ3v) is 3.46. The summed E-state index contributed by atoms with van der Waals surface area (Å²) in [6.45, 7) is 4.21. The maximum atomic E-state index is 12.8. The van der Waals surface area contributed by atoms with Crippen molar-refractivity contribution in [2.45, 2.75) is 19.9 Å². The highest BCUT2D eigenvalue weighted by molar-refractivity contribution is 5.94. The van der Waals surface area contributed by atoms with Crippen LogP contribution in [0.3, 0.4) is 0 Å². The van der Waals surface area contributed by atoms with Crippen molar-refractivity contribution in [3.8, 4) is 5.75 Å². The van der Waals surface area contributed by atoms with Crippen LogP contribution < -0.4 is 10.5 Å². The summed E-state index contributed by atoms with van der Waals surface area (Å²) >= 11 is 0. The van der Waals surface area contributed by atoms with E-state index in [0.717, 1.165) is 17.7 Å². The summed E-state index contributed by atoms with van der Waals surface area (Å²) in [5.41, 5.74) is 7.39. The lowest BCUT2D eigenvalue weighted by atomic mass is 10.1. The number of nitrogens with zero attached hydrogens (tertiary/aromatic N) is 1. The molecule has 122 valence electrons. The molecule has 0 spiro atoms. The molecule has 0 bridgehead atoms. The minimum Gasteiger partial charge on any atom is -0.494 e. The molecule has 0 aliphatic rings. The van der Waals surface area contributed by atoms with E-state index in [9.17, 15) is 4.79 Å². The first-order chi connectivity index (χ1) is 11.2. The van der Waals surface area contributed by atoms with Crippen LogP contribution in [-0.2, 0) is 6.54 Å². The van der Waals surface area contributed by atoms with E-state index >= 15 is 0 Å². The Kier molecular flexibility index (Phi) is 6.63. The molecule has 0 aromatic heterocycles. The number of amides is 1. The van der Waals surface area contributed by atoms with E-state index in [4.69, 9.17) is 10.5 Å². The minimum absolute atomic E-state index is 0.0266. The molecule has 2 aromatic rings. The number of ether oxygens (including phenoxy) is 1. The molecule has 0 heterocycles. The lowest BCUT2D eigenvalue weighted by Crippen LogP contribution is -2.34. The van der Waals surface area contributed by atoms with Gasteiger partial charge in [-0.15, -0.1) is 0 Å². The highest BCUT2D eigenvalue weighted by Crippen LogP contribution is 2.16. The number of carbonyl (C=O) groups excluding carboxylic acids is 1. The Labute approximate surface area is 137 Å². The highest BCUT2D eigenvalue weighted by atomic mass is 16.5. The maximum absolute atomic E-state index is 12.8. The smallest absolute Gasteiger partial charge is 0.254 e. The Morgan fingerprint density at radius 1 is 1.13 bits per heavy atom. The van der Waals surface area contributed by atoms with Crippen LogP contribution in [0.1, 0.15) is 29.3 Å². The van der Waals surface area contributed by atoms with E-state index in [2.05, 4.69) is 6.92 Å². The Morgan fingerprint density at radius 3 is 2.61 bits per heavy atom. The molecule has 0 atom stereocenters. The standard InChI is InChI=1S/C19H24N2O2/c1-2-13-23-18-10-6-9-17(14-18)19(22)21(12-11-20)15-16-7-4-3-5-8-16/h3-10,14H,2,11-13,15,20H2,1H3. The number of carbonyl (C=O) groups is 1. The second-order valence-corrected chi connectivity index (χ2v) is 5.38. The number of hydrogen-bond donors (Lipinski definition) is 1. The average Bonchev–Trinajstić information content (AvgIpc) is 2.60. The van der Waals surface area contributed by atoms with Gasteiger partial charge in [0.05, 0.1) is 6.61 Å². The van der Waals surface area contributed by atoms with Crippen LogP contribution in [0.4, 0.5) is 0 Å². The highest BCUT2D eigenvalue weighted by Gasteiger charge is 2.16. The van der Waals surface area contributed by atoms with E-state index in [1.165, 1.54) is 0 Å². The van der Waals surface area contributed by atoms with Gasteiger partial charge < -0.3 is 15.4 Å². The first kappa shape index (κ1) is 17.0. The summed E-state index contributed by atoms with van der Waals surface area (Å²) < 4.78 is 5.61. The minimum atomic E-state index is -0.0266. The van der Waals surface area contributed by atoms with E-state index in [-0.39, 0.29) is 5.91 Å². The van der Waals surface area contributed by atoms with Crippen molar-refractivity contribution >= 4 is 5.91 Å². The van der Waals surface area contributed by atoms with Crippen LogP contribution in [0.25, 0.3) is 0 Å². The van der Waals surface area contributed by atoms with E-state index in [1.807, 2.05) is 48.5 Å². The molecule has 2 N–H and O–H groups in total. The molecule has 0 unspecified atom stereocenters. The van der Waals surface area contributed by atoms with Crippen LogP contribution in [0.2, 0.25) is 0 Å². The molecule has 0 saturated carbocycles. The monoisotopic (exact) mass is 312 g/mol. The molecule has 4 heteroatoms. The summed E-state index contributed by atoms with van der Waals surface area (Å²) in [5.74, 6) is 0.700. The van der Waals surface area contributed by atoms with Crippen molar-refractivity contribution in [3.63, 3.8) is 0 Å². The molecule has 4 nitrogen and oxygen atoms in total. The van der Waals surface area contributed by atoms with Gasteiger partial charge >= 0.3 is 0 Å². The topological polar surface area (TPSA) is 55.6 Å². The van der Waals surface area contributed by atoms with Gasteiger partial charge in [-0.25, -0.2) is 0 Å². The second-order valence-electron chi connectivity index (χ2n) is 5.38. The Morgan fingerprint density at radius 2 is 1.91 bits per heavy atom. The molecule has 2 aromatic carbocycles. The molecule has 0 aliphatic heterocycles. The van der Waals surface area contributed by atoms with E-state index in [0.29, 0.717) is 31.8 Å². The zero-order chi connectivity index (χ0) is 16.5. The lowest BCUT2D eigenvalue weighted by molar-refractivity contribution is 0.0747. The number of nitrogens with two attached hydrogens (primary N) is 1. The SMILES string of the molecule is CCCOc1cccc(C(=O)N(CCN)Cc2ccccc2)c1. The first-order valence-electron chi connectivity index (χ1n) is 8.00. The maximum Gasteiger partial charge on any atom is 0.254 e. The van der Waals surface area contributed by atoms with Gasteiger partial charge in [0.1, 0.15) is 5.75 Å². The predicted octanol–water partition coefficient (Wildman–Crippen LogP) is 3.08. The Hall–Kier alpha value is -2.33. The first-order valence-corrected chi connectivity index (χ1v) is 8.00. The van der Waals surface area contributed by atoms with Gasteiger partial charge in [0.2, 0.25) is 0 Å². The number of benzene rings is 2. The molecule has 0 fully saturated rings. The van der Waals surface area contributed by atoms with E-state index < -0.39 is 0 Å². The molecule has 0 saturated heterocycles. The fourth-order valence-corrected chi connectivity index (χ4v) is 2.33. The average molecular weight is 312 g/mol. The molecule has 23 heavy (non-hydrogen) atoms. The second kappa shape index (κ2) is 8.96. The zero-order valence-corrected chi connectivity index (χ0v) is 13.6. The summed E-state index contributed by atoms with van der Waals surface area (Å²) in [6, 6.07) is 17.3. The summed E-state index contributed by atoms with van der Waals surface area (Å²) in [4.78, 5) is 14.6. The fourth-order valence-electron chi connectivity index (χ4n) is 2.33. The van der Waals surface area contributed by atoms with Crippen molar-refractivity contribution in [1.29, 1.82) is 0 Å². The fraction of sp³-hybridized carbons (Fsp3) is 0.316. The number of hydrogen-bond acceptors (Lipinski definition) is 3. The van der Waals surface area contributed by atoms with Gasteiger partial charge in [0, 0.05) is 25.2 Å². The van der Waals surface area contributed by atoms with Crippen LogP contribution in [0.5, 0.6) is 5.75 Å². The third kappa shape index (κ3) is 5.11. The molecular formula is C19H24N2O2. The lowest BCUT2D eigenvalue weighted by Gasteiger charge is -2.22. The van der Waals surface area contributed by atoms with E-state index in [1.54, 1.807) is 11.0 Å².